The highest BCUT2D eigenvalue weighted by Crippen LogP contribution is 2.34. The summed E-state index contributed by atoms with van der Waals surface area (Å²) in [6.45, 7) is 6.41. The summed E-state index contributed by atoms with van der Waals surface area (Å²) >= 11 is 6.25. The normalized spacial score (nSPS) is 16.6. The van der Waals surface area contributed by atoms with Gasteiger partial charge >= 0.3 is 0 Å². The predicted octanol–water partition coefficient (Wildman–Crippen LogP) is 4.53. The van der Waals surface area contributed by atoms with Crippen LogP contribution in [0.5, 0.6) is 0 Å². The first-order valence-corrected chi connectivity index (χ1v) is 10.8. The lowest BCUT2D eigenvalue weighted by molar-refractivity contribution is -0.115. The molecule has 29 heavy (non-hydrogen) atoms. The molecule has 0 saturated carbocycles. The van der Waals surface area contributed by atoms with E-state index in [2.05, 4.69) is 46.1 Å². The Balaban J connectivity index is 1.47. The van der Waals surface area contributed by atoms with Crippen LogP contribution in [0.4, 0.5) is 22.7 Å². The van der Waals surface area contributed by atoms with Crippen molar-refractivity contribution in [3.05, 3.63) is 47.0 Å². The number of halogens is 1. The van der Waals surface area contributed by atoms with Gasteiger partial charge in [0.1, 0.15) is 0 Å². The fraction of sp³-hybridized carbons (Fsp3) is 0.435. The lowest BCUT2D eigenvalue weighted by atomic mass is 10.1. The zero-order chi connectivity index (χ0) is 20.4. The van der Waals surface area contributed by atoms with Gasteiger partial charge in [0.2, 0.25) is 5.91 Å². The molecule has 154 valence electrons. The average molecular weight is 413 g/mol. The van der Waals surface area contributed by atoms with Gasteiger partial charge in [-0.2, -0.15) is 0 Å². The highest BCUT2D eigenvalue weighted by Gasteiger charge is 2.21. The molecule has 0 spiro atoms. The molecular formula is C23H29ClN4O. The fourth-order valence-electron chi connectivity index (χ4n) is 4.30. The molecule has 1 saturated heterocycles. The minimum Gasteiger partial charge on any atom is -0.373 e. The van der Waals surface area contributed by atoms with Crippen LogP contribution in [0.15, 0.2) is 36.4 Å². The molecule has 1 N–H and O–H groups in total. The number of hydrogen-bond donors (Lipinski definition) is 1. The maximum absolute atomic E-state index is 12.9. The Morgan fingerprint density at radius 1 is 1.00 bits per heavy atom. The third-order valence-electron chi connectivity index (χ3n) is 5.90. The Bertz CT molecular complexity index is 894. The van der Waals surface area contributed by atoms with Crippen molar-refractivity contribution in [1.82, 2.24) is 0 Å². The number of anilines is 4. The predicted molar refractivity (Wildman–Crippen MR) is 123 cm³/mol. The van der Waals surface area contributed by atoms with Gasteiger partial charge in [0.05, 0.1) is 17.9 Å². The summed E-state index contributed by atoms with van der Waals surface area (Å²) in [6.07, 6.45) is 3.52. The molecule has 5 nitrogen and oxygen atoms in total. The molecule has 0 bridgehead atoms. The van der Waals surface area contributed by atoms with Crippen LogP contribution < -0.4 is 20.0 Å². The number of nitrogens with one attached hydrogen (secondary N) is 1. The number of aryl methyl sites for hydroxylation is 1. The standard InChI is InChI=1S/C23H29ClN4O/c1-17-14-19(27-11-3-4-12-27)7-8-20(17)25-23(29)16-28-13-5-10-26(2)21-9-6-18(24)15-22(21)28/h6-9,14-15H,3-5,10-13,16H2,1-2H3,(H,25,29). The molecule has 0 atom stereocenters. The van der Waals surface area contributed by atoms with Gasteiger partial charge in [-0.05, 0) is 68.1 Å². The molecule has 6 heteroatoms. The molecule has 0 aliphatic carbocycles. The van der Waals surface area contributed by atoms with Crippen molar-refractivity contribution >= 4 is 40.3 Å². The number of fused-ring (bicyclic) bond motifs is 1. The molecule has 0 unspecified atom stereocenters. The van der Waals surface area contributed by atoms with Crippen molar-refractivity contribution in [3.63, 3.8) is 0 Å². The van der Waals surface area contributed by atoms with E-state index in [9.17, 15) is 4.79 Å². The Kier molecular flexibility index (Phi) is 5.86. The smallest absolute Gasteiger partial charge is 0.243 e. The van der Waals surface area contributed by atoms with Crippen LogP contribution in [0.25, 0.3) is 0 Å². The molecule has 2 aliphatic rings. The van der Waals surface area contributed by atoms with Crippen molar-refractivity contribution in [2.75, 3.05) is 59.8 Å². The Hall–Kier alpha value is -2.40. The van der Waals surface area contributed by atoms with E-state index >= 15 is 0 Å². The van der Waals surface area contributed by atoms with E-state index in [4.69, 9.17) is 11.6 Å². The number of rotatable bonds is 4. The second-order valence-corrected chi connectivity index (χ2v) is 8.51. The monoisotopic (exact) mass is 412 g/mol. The van der Waals surface area contributed by atoms with Crippen molar-refractivity contribution < 1.29 is 4.79 Å². The van der Waals surface area contributed by atoms with E-state index in [0.29, 0.717) is 11.6 Å². The zero-order valence-corrected chi connectivity index (χ0v) is 18.0. The SMILES string of the molecule is Cc1cc(N2CCCC2)ccc1NC(=O)CN1CCCN(C)c2ccc(Cl)cc21. The van der Waals surface area contributed by atoms with Crippen LogP contribution in [0.1, 0.15) is 24.8 Å². The molecule has 2 heterocycles. The fourth-order valence-corrected chi connectivity index (χ4v) is 4.47. The second kappa shape index (κ2) is 8.54. The van der Waals surface area contributed by atoms with Gasteiger partial charge in [-0.15, -0.1) is 0 Å². The van der Waals surface area contributed by atoms with E-state index in [1.54, 1.807) is 0 Å². The highest BCUT2D eigenvalue weighted by molar-refractivity contribution is 6.31. The number of benzene rings is 2. The largest absolute Gasteiger partial charge is 0.373 e. The first kappa shape index (κ1) is 19.9. The van der Waals surface area contributed by atoms with Crippen molar-refractivity contribution in [1.29, 1.82) is 0 Å². The summed E-state index contributed by atoms with van der Waals surface area (Å²) < 4.78 is 0. The highest BCUT2D eigenvalue weighted by atomic mass is 35.5. The van der Waals surface area contributed by atoms with Crippen LogP contribution >= 0.6 is 11.6 Å². The van der Waals surface area contributed by atoms with Gasteiger partial charge in [0, 0.05) is 49.6 Å². The Morgan fingerprint density at radius 2 is 1.79 bits per heavy atom. The Labute approximate surface area is 178 Å². The molecule has 1 amide bonds. The van der Waals surface area contributed by atoms with Crippen molar-refractivity contribution in [3.8, 4) is 0 Å². The van der Waals surface area contributed by atoms with E-state index in [1.807, 2.05) is 24.3 Å². The molecule has 1 fully saturated rings. The number of nitrogens with zero attached hydrogens (tertiary/aromatic N) is 3. The Morgan fingerprint density at radius 3 is 2.55 bits per heavy atom. The molecule has 4 rings (SSSR count). The van der Waals surface area contributed by atoms with Gasteiger partial charge < -0.3 is 20.0 Å². The van der Waals surface area contributed by atoms with Gasteiger partial charge in [-0.1, -0.05) is 11.6 Å². The quantitative estimate of drug-likeness (QED) is 0.800. The lowest BCUT2D eigenvalue weighted by Crippen LogP contribution is -2.34. The number of carbonyl (C=O) groups excluding carboxylic acids is 1. The molecule has 2 aliphatic heterocycles. The van der Waals surface area contributed by atoms with Crippen LogP contribution in [0.3, 0.4) is 0 Å². The van der Waals surface area contributed by atoms with E-state index < -0.39 is 0 Å². The van der Waals surface area contributed by atoms with Crippen LogP contribution in [0.2, 0.25) is 5.02 Å². The van der Waals surface area contributed by atoms with E-state index in [-0.39, 0.29) is 5.91 Å². The van der Waals surface area contributed by atoms with Crippen molar-refractivity contribution in [2.45, 2.75) is 26.2 Å². The van der Waals surface area contributed by atoms with Crippen LogP contribution in [0, 0.1) is 6.92 Å². The summed E-state index contributed by atoms with van der Waals surface area (Å²) in [5.41, 5.74) is 5.37. The maximum Gasteiger partial charge on any atom is 0.243 e. The van der Waals surface area contributed by atoms with Crippen LogP contribution in [-0.4, -0.2) is 45.7 Å². The number of carbonyl (C=O) groups is 1. The van der Waals surface area contributed by atoms with Crippen molar-refractivity contribution in [2.24, 2.45) is 0 Å². The molecule has 0 aromatic heterocycles. The van der Waals surface area contributed by atoms with E-state index in [0.717, 1.165) is 55.2 Å². The topological polar surface area (TPSA) is 38.8 Å². The summed E-state index contributed by atoms with van der Waals surface area (Å²) in [7, 11) is 2.08. The van der Waals surface area contributed by atoms with Crippen LogP contribution in [-0.2, 0) is 4.79 Å². The summed E-state index contributed by atoms with van der Waals surface area (Å²) in [5.74, 6) is -0.00231. The van der Waals surface area contributed by atoms with Gasteiger partial charge in [-0.3, -0.25) is 4.79 Å². The molecule has 0 radical (unpaired) electrons. The third-order valence-corrected chi connectivity index (χ3v) is 6.14. The summed E-state index contributed by atoms with van der Waals surface area (Å²) in [4.78, 5) is 19.6. The van der Waals surface area contributed by atoms with Gasteiger partial charge in [0.15, 0.2) is 0 Å². The second-order valence-electron chi connectivity index (χ2n) is 8.07. The first-order chi connectivity index (χ1) is 14.0. The average Bonchev–Trinajstić information content (AvgIpc) is 3.18. The van der Waals surface area contributed by atoms with Gasteiger partial charge in [0.25, 0.3) is 0 Å². The minimum atomic E-state index is -0.00231. The van der Waals surface area contributed by atoms with E-state index in [1.165, 1.54) is 18.5 Å². The molecular weight excluding hydrogens is 384 g/mol. The maximum atomic E-state index is 12.9. The lowest BCUT2D eigenvalue weighted by Gasteiger charge is -2.26. The first-order valence-electron chi connectivity index (χ1n) is 10.4. The molecule has 2 aromatic rings. The third kappa shape index (κ3) is 4.45. The number of hydrogen-bond acceptors (Lipinski definition) is 4. The molecule has 2 aromatic carbocycles. The zero-order valence-electron chi connectivity index (χ0n) is 17.2. The summed E-state index contributed by atoms with van der Waals surface area (Å²) in [5, 5.41) is 3.80. The summed E-state index contributed by atoms with van der Waals surface area (Å²) in [6, 6.07) is 12.2. The number of amides is 1. The minimum absolute atomic E-state index is 0.00231. The van der Waals surface area contributed by atoms with Gasteiger partial charge in [-0.25, -0.2) is 0 Å².